The number of benzene rings is 2. The molecule has 1 N–H and O–H groups in total. The normalized spacial score (nSPS) is 14.4. The van der Waals surface area contributed by atoms with Gasteiger partial charge in [-0.05, 0) is 37.1 Å². The third-order valence-electron chi connectivity index (χ3n) is 4.82. The topological polar surface area (TPSA) is 84.9 Å². The number of nitrogens with one attached hydrogen (secondary N) is 1. The van der Waals surface area contributed by atoms with Crippen molar-refractivity contribution in [1.82, 2.24) is 4.90 Å². The number of ether oxygens (including phenoxy) is 2. The minimum Gasteiger partial charge on any atom is -0.454 e. The first-order valence-electron chi connectivity index (χ1n) is 9.28. The largest absolute Gasteiger partial charge is 0.454 e. The van der Waals surface area contributed by atoms with Crippen molar-refractivity contribution in [2.24, 2.45) is 0 Å². The van der Waals surface area contributed by atoms with E-state index in [4.69, 9.17) is 9.47 Å². The highest BCUT2D eigenvalue weighted by Crippen LogP contribution is 2.34. The van der Waals surface area contributed by atoms with Gasteiger partial charge in [0.2, 0.25) is 12.7 Å². The Hall–Kier alpha value is -3.35. The van der Waals surface area contributed by atoms with Gasteiger partial charge in [-0.3, -0.25) is 19.3 Å². The first kappa shape index (κ1) is 18.0. The van der Waals surface area contributed by atoms with E-state index in [0.717, 1.165) is 6.42 Å². The zero-order valence-electron chi connectivity index (χ0n) is 15.3. The molecule has 2 aliphatic heterocycles. The zero-order valence-corrected chi connectivity index (χ0v) is 15.3. The average molecular weight is 380 g/mol. The van der Waals surface area contributed by atoms with E-state index in [1.165, 1.54) is 4.90 Å². The van der Waals surface area contributed by atoms with Gasteiger partial charge < -0.3 is 14.8 Å². The lowest BCUT2D eigenvalue weighted by atomic mass is 10.1. The van der Waals surface area contributed by atoms with Crippen molar-refractivity contribution in [1.29, 1.82) is 0 Å². The summed E-state index contributed by atoms with van der Waals surface area (Å²) in [5, 5.41) is 2.84. The lowest BCUT2D eigenvalue weighted by molar-refractivity contribution is -0.116. The summed E-state index contributed by atoms with van der Waals surface area (Å²) in [6.07, 6.45) is 2.47. The Labute approximate surface area is 162 Å². The van der Waals surface area contributed by atoms with Crippen LogP contribution in [0.5, 0.6) is 11.5 Å². The molecule has 0 bridgehead atoms. The van der Waals surface area contributed by atoms with Gasteiger partial charge in [0.15, 0.2) is 11.5 Å². The lowest BCUT2D eigenvalue weighted by Gasteiger charge is -2.13. The van der Waals surface area contributed by atoms with Crippen LogP contribution in [0.4, 0.5) is 5.69 Å². The fourth-order valence-electron chi connectivity index (χ4n) is 3.37. The predicted molar refractivity (Wildman–Crippen MR) is 101 cm³/mol. The Balaban J connectivity index is 1.19. The smallest absolute Gasteiger partial charge is 0.261 e. The van der Waals surface area contributed by atoms with Crippen molar-refractivity contribution in [3.8, 4) is 11.5 Å². The lowest BCUT2D eigenvalue weighted by Crippen LogP contribution is -2.30. The molecule has 2 heterocycles. The number of anilines is 1. The number of fused-ring (bicyclic) bond motifs is 2. The molecule has 0 aliphatic carbocycles. The van der Waals surface area contributed by atoms with Crippen LogP contribution in [0, 0.1) is 0 Å². The van der Waals surface area contributed by atoms with Crippen molar-refractivity contribution in [2.45, 2.75) is 25.7 Å². The summed E-state index contributed by atoms with van der Waals surface area (Å²) in [6.45, 7) is 0.565. The second-order valence-electron chi connectivity index (χ2n) is 6.73. The maximum Gasteiger partial charge on any atom is 0.261 e. The van der Waals surface area contributed by atoms with Crippen molar-refractivity contribution in [3.05, 3.63) is 53.6 Å². The van der Waals surface area contributed by atoms with Crippen LogP contribution in [0.1, 0.15) is 46.4 Å². The van der Waals surface area contributed by atoms with E-state index in [0.29, 0.717) is 54.1 Å². The van der Waals surface area contributed by atoms with Gasteiger partial charge in [0.05, 0.1) is 11.1 Å². The van der Waals surface area contributed by atoms with Gasteiger partial charge >= 0.3 is 0 Å². The predicted octanol–water partition coefficient (Wildman–Crippen LogP) is 3.21. The number of carbonyl (C=O) groups is 3. The molecule has 144 valence electrons. The molecule has 2 aliphatic rings. The summed E-state index contributed by atoms with van der Waals surface area (Å²) in [5.74, 6) is 0.742. The van der Waals surface area contributed by atoms with Crippen molar-refractivity contribution >= 4 is 23.4 Å². The van der Waals surface area contributed by atoms with Crippen LogP contribution in [-0.2, 0) is 4.79 Å². The average Bonchev–Trinajstić information content (AvgIpc) is 3.26. The Bertz CT molecular complexity index is 905. The van der Waals surface area contributed by atoms with Crippen LogP contribution < -0.4 is 14.8 Å². The van der Waals surface area contributed by atoms with E-state index in [1.54, 1.807) is 42.5 Å². The summed E-state index contributed by atoms with van der Waals surface area (Å²) in [4.78, 5) is 37.9. The van der Waals surface area contributed by atoms with Gasteiger partial charge in [-0.2, -0.15) is 0 Å². The van der Waals surface area contributed by atoms with E-state index >= 15 is 0 Å². The van der Waals surface area contributed by atoms with Crippen LogP contribution in [-0.4, -0.2) is 36.0 Å². The highest BCUT2D eigenvalue weighted by molar-refractivity contribution is 6.21. The molecular weight excluding hydrogens is 360 g/mol. The summed E-state index contributed by atoms with van der Waals surface area (Å²) in [6, 6.07) is 12.1. The number of unbranched alkanes of at least 4 members (excludes halogenated alkanes) is 2. The second kappa shape index (κ2) is 7.72. The molecule has 0 unspecified atom stereocenters. The van der Waals surface area contributed by atoms with Crippen LogP contribution in [0.25, 0.3) is 0 Å². The molecule has 0 radical (unpaired) electrons. The van der Waals surface area contributed by atoms with Crippen molar-refractivity contribution in [2.75, 3.05) is 18.7 Å². The Morgan fingerprint density at radius 2 is 1.64 bits per heavy atom. The number of hydrogen-bond acceptors (Lipinski definition) is 5. The second-order valence-corrected chi connectivity index (χ2v) is 6.73. The first-order chi connectivity index (χ1) is 13.6. The van der Waals surface area contributed by atoms with E-state index in [-0.39, 0.29) is 24.5 Å². The molecule has 7 nitrogen and oxygen atoms in total. The molecule has 3 amide bonds. The van der Waals surface area contributed by atoms with Gasteiger partial charge in [0.25, 0.3) is 11.8 Å². The Morgan fingerprint density at radius 1 is 0.929 bits per heavy atom. The van der Waals surface area contributed by atoms with Crippen molar-refractivity contribution in [3.63, 3.8) is 0 Å². The molecular formula is C21H20N2O5. The van der Waals surface area contributed by atoms with E-state index in [9.17, 15) is 14.4 Å². The van der Waals surface area contributed by atoms with Gasteiger partial charge in [-0.1, -0.05) is 18.6 Å². The molecule has 2 aromatic rings. The third-order valence-corrected chi connectivity index (χ3v) is 4.82. The highest BCUT2D eigenvalue weighted by atomic mass is 16.7. The third kappa shape index (κ3) is 3.55. The minimum absolute atomic E-state index is 0.0837. The van der Waals surface area contributed by atoms with Crippen LogP contribution >= 0.6 is 0 Å². The first-order valence-corrected chi connectivity index (χ1v) is 9.28. The highest BCUT2D eigenvalue weighted by Gasteiger charge is 2.34. The van der Waals surface area contributed by atoms with Gasteiger partial charge in [0.1, 0.15) is 0 Å². The van der Waals surface area contributed by atoms with Gasteiger partial charge in [-0.25, -0.2) is 0 Å². The molecule has 0 atom stereocenters. The van der Waals surface area contributed by atoms with Crippen LogP contribution in [0.15, 0.2) is 42.5 Å². The molecule has 0 saturated carbocycles. The Morgan fingerprint density at radius 3 is 2.39 bits per heavy atom. The summed E-state index contributed by atoms with van der Waals surface area (Å²) in [7, 11) is 0. The molecule has 7 heteroatoms. The molecule has 0 aromatic heterocycles. The molecule has 0 spiro atoms. The number of carbonyl (C=O) groups excluding carboxylic acids is 3. The standard InChI is InChI=1S/C21H20N2O5/c24-19(22-14-9-10-17-18(12-14)28-13-27-17)8-2-1-5-11-23-20(25)15-6-3-4-7-16(15)21(23)26/h3-4,6-7,9-10,12H,1-2,5,8,11,13H2,(H,22,24). The quantitative estimate of drug-likeness (QED) is 0.589. The number of imide groups is 1. The zero-order chi connectivity index (χ0) is 19.5. The van der Waals surface area contributed by atoms with E-state index in [1.807, 2.05) is 0 Å². The fraction of sp³-hybridized carbons (Fsp3) is 0.286. The Kier molecular flexibility index (Phi) is 4.97. The van der Waals surface area contributed by atoms with Crippen molar-refractivity contribution < 1.29 is 23.9 Å². The monoisotopic (exact) mass is 380 g/mol. The molecule has 28 heavy (non-hydrogen) atoms. The molecule has 0 saturated heterocycles. The number of nitrogens with zero attached hydrogens (tertiary/aromatic N) is 1. The van der Waals surface area contributed by atoms with Crippen LogP contribution in [0.2, 0.25) is 0 Å². The maximum atomic E-state index is 12.3. The fourth-order valence-corrected chi connectivity index (χ4v) is 3.37. The van der Waals surface area contributed by atoms with E-state index < -0.39 is 0 Å². The molecule has 2 aromatic carbocycles. The number of amides is 3. The van der Waals surface area contributed by atoms with Gasteiger partial charge in [-0.15, -0.1) is 0 Å². The maximum absolute atomic E-state index is 12.3. The molecule has 0 fully saturated rings. The number of hydrogen-bond donors (Lipinski definition) is 1. The SMILES string of the molecule is O=C(CCCCCN1C(=O)c2ccccc2C1=O)Nc1ccc2c(c1)OCO2. The van der Waals surface area contributed by atoms with E-state index in [2.05, 4.69) is 5.32 Å². The van der Waals surface area contributed by atoms with Gasteiger partial charge in [0, 0.05) is 24.7 Å². The summed E-state index contributed by atoms with van der Waals surface area (Å²) in [5.41, 5.74) is 1.60. The molecule has 4 rings (SSSR count). The number of rotatable bonds is 7. The summed E-state index contributed by atoms with van der Waals surface area (Å²) >= 11 is 0. The van der Waals surface area contributed by atoms with Crippen LogP contribution in [0.3, 0.4) is 0 Å². The summed E-state index contributed by atoms with van der Waals surface area (Å²) < 4.78 is 10.5. The minimum atomic E-state index is -0.235.